The number of fused-ring (bicyclic) bond motifs is 1. The van der Waals surface area contributed by atoms with Gasteiger partial charge in [-0.1, -0.05) is 24.3 Å². The van der Waals surface area contributed by atoms with Crippen LogP contribution in [-0.2, 0) is 4.79 Å². The number of hydrogen-bond donors (Lipinski definition) is 4. The molecule has 2 aromatic carbocycles. The summed E-state index contributed by atoms with van der Waals surface area (Å²) in [4.78, 5) is 26.8. The SMILES string of the molecule is CNCCNc1ccc(-c2cc3c(Oc4cccc(NC(=O)/C=C/CN5CCCC5)c4)ncnc3[nH]2)cc1. The van der Waals surface area contributed by atoms with Crippen molar-refractivity contribution in [2.75, 3.05) is 50.4 Å². The van der Waals surface area contributed by atoms with E-state index in [0.29, 0.717) is 23.0 Å². The summed E-state index contributed by atoms with van der Waals surface area (Å²) in [5.41, 5.74) is 4.37. The second-order valence-corrected chi connectivity index (χ2v) is 9.26. The van der Waals surface area contributed by atoms with Gasteiger partial charge in [-0.25, -0.2) is 9.97 Å². The van der Waals surface area contributed by atoms with Gasteiger partial charge in [-0.2, -0.15) is 0 Å². The van der Waals surface area contributed by atoms with Crippen LogP contribution >= 0.6 is 0 Å². The first-order chi connectivity index (χ1) is 18.7. The van der Waals surface area contributed by atoms with E-state index in [2.05, 4.69) is 60.1 Å². The molecule has 5 rings (SSSR count). The fraction of sp³-hybridized carbons (Fsp3) is 0.276. The maximum Gasteiger partial charge on any atom is 0.248 e. The molecule has 0 atom stereocenters. The molecular weight excluding hydrogens is 478 g/mol. The molecule has 38 heavy (non-hydrogen) atoms. The van der Waals surface area contributed by atoms with E-state index in [1.54, 1.807) is 12.1 Å². The monoisotopic (exact) mass is 511 g/mol. The molecule has 2 aromatic heterocycles. The highest BCUT2D eigenvalue weighted by atomic mass is 16.5. The van der Waals surface area contributed by atoms with E-state index in [9.17, 15) is 4.79 Å². The van der Waals surface area contributed by atoms with Gasteiger partial charge in [-0.15, -0.1) is 0 Å². The third kappa shape index (κ3) is 6.56. The number of nitrogens with one attached hydrogen (secondary N) is 4. The van der Waals surface area contributed by atoms with Gasteiger partial charge in [-0.3, -0.25) is 9.69 Å². The van der Waals surface area contributed by atoms with Crippen LogP contribution in [0.15, 0.2) is 73.1 Å². The van der Waals surface area contributed by atoms with Crippen molar-refractivity contribution < 1.29 is 9.53 Å². The number of ether oxygens (including phenoxy) is 1. The Balaban J connectivity index is 1.25. The quantitative estimate of drug-likeness (QED) is 0.172. The van der Waals surface area contributed by atoms with Crippen molar-refractivity contribution in [2.24, 2.45) is 0 Å². The maximum absolute atomic E-state index is 12.4. The molecule has 4 aromatic rings. The lowest BCUT2D eigenvalue weighted by atomic mass is 10.1. The van der Waals surface area contributed by atoms with Gasteiger partial charge < -0.3 is 25.7 Å². The molecule has 0 bridgehead atoms. The lowest BCUT2D eigenvalue weighted by molar-refractivity contribution is -0.111. The van der Waals surface area contributed by atoms with Crippen molar-refractivity contribution in [3.63, 3.8) is 0 Å². The van der Waals surface area contributed by atoms with Crippen LogP contribution in [0.5, 0.6) is 11.6 Å². The van der Waals surface area contributed by atoms with E-state index in [0.717, 1.165) is 55.1 Å². The van der Waals surface area contributed by atoms with E-state index >= 15 is 0 Å². The van der Waals surface area contributed by atoms with Crippen LogP contribution in [0.3, 0.4) is 0 Å². The highest BCUT2D eigenvalue weighted by molar-refractivity contribution is 5.99. The van der Waals surface area contributed by atoms with Gasteiger partial charge in [-0.05, 0) is 68.9 Å². The molecule has 0 spiro atoms. The Kier molecular flexibility index (Phi) is 8.27. The summed E-state index contributed by atoms with van der Waals surface area (Å²) >= 11 is 0. The number of H-pyrrole nitrogens is 1. The summed E-state index contributed by atoms with van der Waals surface area (Å²) in [7, 11) is 1.94. The minimum absolute atomic E-state index is 0.163. The average molecular weight is 512 g/mol. The molecule has 1 aliphatic heterocycles. The molecular formula is C29H33N7O2. The molecule has 1 aliphatic rings. The Labute approximate surface area is 222 Å². The number of benzene rings is 2. The number of hydrogen-bond acceptors (Lipinski definition) is 7. The number of carbonyl (C=O) groups excluding carboxylic acids is 1. The van der Waals surface area contributed by atoms with Crippen molar-refractivity contribution in [1.29, 1.82) is 0 Å². The van der Waals surface area contributed by atoms with Gasteiger partial charge in [0.15, 0.2) is 0 Å². The zero-order chi connectivity index (χ0) is 26.2. The average Bonchev–Trinajstić information content (AvgIpc) is 3.60. The van der Waals surface area contributed by atoms with E-state index < -0.39 is 0 Å². The predicted molar refractivity (Wildman–Crippen MR) is 152 cm³/mol. The summed E-state index contributed by atoms with van der Waals surface area (Å²) in [5, 5.41) is 10.2. The third-order valence-electron chi connectivity index (χ3n) is 6.44. The summed E-state index contributed by atoms with van der Waals surface area (Å²) in [6, 6.07) is 17.5. The number of nitrogens with zero attached hydrogens (tertiary/aromatic N) is 3. The topological polar surface area (TPSA) is 107 Å². The highest BCUT2D eigenvalue weighted by Gasteiger charge is 2.12. The molecule has 0 radical (unpaired) electrons. The largest absolute Gasteiger partial charge is 0.438 e. The molecule has 0 aliphatic carbocycles. The fourth-order valence-electron chi connectivity index (χ4n) is 4.46. The van der Waals surface area contributed by atoms with Crippen LogP contribution in [0.4, 0.5) is 11.4 Å². The number of likely N-dealkylation sites (tertiary alicyclic amines) is 1. The van der Waals surface area contributed by atoms with Crippen LogP contribution in [-0.4, -0.2) is 65.5 Å². The number of carbonyl (C=O) groups is 1. The summed E-state index contributed by atoms with van der Waals surface area (Å²) in [6.07, 6.45) is 7.45. The van der Waals surface area contributed by atoms with Gasteiger partial charge in [0.25, 0.3) is 0 Å². The van der Waals surface area contributed by atoms with Crippen LogP contribution < -0.4 is 20.7 Å². The first-order valence-electron chi connectivity index (χ1n) is 13.0. The van der Waals surface area contributed by atoms with Crippen molar-refractivity contribution in [3.8, 4) is 22.9 Å². The van der Waals surface area contributed by atoms with E-state index in [1.165, 1.54) is 19.2 Å². The highest BCUT2D eigenvalue weighted by Crippen LogP contribution is 2.31. The van der Waals surface area contributed by atoms with E-state index in [1.807, 2.05) is 37.4 Å². The molecule has 0 saturated carbocycles. The number of aromatic nitrogens is 3. The molecule has 9 nitrogen and oxygen atoms in total. The summed E-state index contributed by atoms with van der Waals surface area (Å²) in [5.74, 6) is 0.852. The van der Waals surface area contributed by atoms with Crippen molar-refractivity contribution in [2.45, 2.75) is 12.8 Å². The Hall–Kier alpha value is -4.21. The van der Waals surface area contributed by atoms with Crippen LogP contribution in [0.2, 0.25) is 0 Å². The van der Waals surface area contributed by atoms with Crippen LogP contribution in [0.1, 0.15) is 12.8 Å². The van der Waals surface area contributed by atoms with E-state index in [-0.39, 0.29) is 5.91 Å². The Bertz CT molecular complexity index is 1390. The molecule has 1 saturated heterocycles. The van der Waals surface area contributed by atoms with Crippen molar-refractivity contribution in [1.82, 2.24) is 25.2 Å². The molecule has 3 heterocycles. The number of rotatable bonds is 11. The Morgan fingerprint density at radius 1 is 1.05 bits per heavy atom. The van der Waals surface area contributed by atoms with Gasteiger partial charge >= 0.3 is 0 Å². The first-order valence-corrected chi connectivity index (χ1v) is 13.0. The second kappa shape index (κ2) is 12.4. The van der Waals surface area contributed by atoms with Crippen LogP contribution in [0, 0.1) is 0 Å². The number of anilines is 2. The number of aromatic amines is 1. The molecule has 4 N–H and O–H groups in total. The second-order valence-electron chi connectivity index (χ2n) is 9.26. The lowest BCUT2D eigenvalue weighted by Crippen LogP contribution is -2.19. The van der Waals surface area contributed by atoms with Crippen LogP contribution in [0.25, 0.3) is 22.3 Å². The van der Waals surface area contributed by atoms with Gasteiger partial charge in [0, 0.05) is 48.8 Å². The fourth-order valence-corrected chi connectivity index (χ4v) is 4.46. The summed E-state index contributed by atoms with van der Waals surface area (Å²) < 4.78 is 6.12. The third-order valence-corrected chi connectivity index (χ3v) is 6.44. The number of likely N-dealkylation sites (N-methyl/N-ethyl adjacent to an activating group) is 1. The minimum Gasteiger partial charge on any atom is -0.438 e. The summed E-state index contributed by atoms with van der Waals surface area (Å²) in [6.45, 7) is 4.77. The predicted octanol–water partition coefficient (Wildman–Crippen LogP) is 4.64. The number of amides is 1. The van der Waals surface area contributed by atoms with Crippen molar-refractivity contribution >= 4 is 28.3 Å². The molecule has 1 amide bonds. The Morgan fingerprint density at radius 3 is 2.71 bits per heavy atom. The molecule has 196 valence electrons. The minimum atomic E-state index is -0.163. The van der Waals surface area contributed by atoms with E-state index in [4.69, 9.17) is 4.74 Å². The molecule has 0 unspecified atom stereocenters. The molecule has 1 fully saturated rings. The Morgan fingerprint density at radius 2 is 1.89 bits per heavy atom. The molecule has 9 heteroatoms. The zero-order valence-electron chi connectivity index (χ0n) is 21.5. The normalized spacial score (nSPS) is 13.8. The van der Waals surface area contributed by atoms with Crippen molar-refractivity contribution in [3.05, 3.63) is 73.1 Å². The smallest absolute Gasteiger partial charge is 0.248 e. The van der Waals surface area contributed by atoms with Gasteiger partial charge in [0.1, 0.15) is 17.7 Å². The standard InChI is InChI=1S/C29H33N7O2/c1-30-13-14-31-22-11-9-21(10-12-22)26-19-25-28(35-26)32-20-33-29(25)38-24-7-4-6-23(18-24)34-27(37)8-5-17-36-15-2-3-16-36/h4-12,18-20,30-31H,2-3,13-17H2,1H3,(H,34,37)(H,32,33,35)/b8-5+. The van der Waals surface area contributed by atoms with Gasteiger partial charge in [0.05, 0.1) is 5.39 Å². The zero-order valence-corrected chi connectivity index (χ0v) is 21.5. The van der Waals surface area contributed by atoms with Gasteiger partial charge in [0.2, 0.25) is 11.8 Å². The first kappa shape index (κ1) is 25.4. The maximum atomic E-state index is 12.4. The lowest BCUT2D eigenvalue weighted by Gasteiger charge is -2.10.